The van der Waals surface area contributed by atoms with Crippen molar-refractivity contribution in [3.63, 3.8) is 0 Å². The normalized spacial score (nSPS) is 10.8. The van der Waals surface area contributed by atoms with Crippen LogP contribution in [0, 0.1) is 0 Å². The quantitative estimate of drug-likeness (QED) is 0.530. The zero-order valence-electron chi connectivity index (χ0n) is 9.45. The van der Waals surface area contributed by atoms with Crippen molar-refractivity contribution in [3.05, 3.63) is 0 Å². The van der Waals surface area contributed by atoms with Crippen molar-refractivity contribution < 1.29 is 15.5 Å². The average molecular weight is 223 g/mol. The number of nitrogens with two attached hydrogens (primary N) is 1. The van der Waals surface area contributed by atoms with Crippen molar-refractivity contribution in [2.45, 2.75) is 32.6 Å². The van der Waals surface area contributed by atoms with Crippen LogP contribution >= 0.6 is 0 Å². The fourth-order valence-corrected chi connectivity index (χ4v) is 1.05. The predicted octanol–water partition coefficient (Wildman–Crippen LogP) is 0.631. The van der Waals surface area contributed by atoms with Crippen LogP contribution in [0.5, 0.6) is 0 Å². The van der Waals surface area contributed by atoms with E-state index in [4.69, 9.17) is 0 Å². The summed E-state index contributed by atoms with van der Waals surface area (Å²) in [6, 6.07) is 0. The Bertz CT molecular complexity index is 190. The summed E-state index contributed by atoms with van der Waals surface area (Å²) in [5.74, 6) is 0. The second-order valence-electron chi connectivity index (χ2n) is 2.38. The van der Waals surface area contributed by atoms with Crippen molar-refractivity contribution >= 4 is 48.0 Å². The number of hydrogen-bond acceptors (Lipinski definition) is 3. The molecule has 0 atom stereocenters. The van der Waals surface area contributed by atoms with Crippen LogP contribution in [0.4, 0.5) is 0 Å². The summed E-state index contributed by atoms with van der Waals surface area (Å²) in [6.07, 6.45) is 3.97. The van der Waals surface area contributed by atoms with Crippen molar-refractivity contribution in [2.24, 2.45) is 5.14 Å². The van der Waals surface area contributed by atoms with Crippen LogP contribution in [0.25, 0.3) is 0 Å². The van der Waals surface area contributed by atoms with Gasteiger partial charge >= 0.3 is 48.0 Å². The SMILES string of the molecule is CCCCCCOS(N)(=O)=O.[Ca+2].[H-].[H-]. The summed E-state index contributed by atoms with van der Waals surface area (Å²) in [6.45, 7) is 2.29. The molecule has 0 saturated carbocycles. The molecule has 0 aliphatic rings. The van der Waals surface area contributed by atoms with Gasteiger partial charge in [-0.25, -0.2) is 5.14 Å². The van der Waals surface area contributed by atoms with Crippen LogP contribution in [0.2, 0.25) is 0 Å². The minimum atomic E-state index is -3.71. The molecule has 6 heteroatoms. The molecule has 0 rings (SSSR count). The van der Waals surface area contributed by atoms with E-state index in [0.29, 0.717) is 0 Å². The zero-order chi connectivity index (χ0) is 8.74. The molecule has 2 N–H and O–H groups in total. The van der Waals surface area contributed by atoms with Gasteiger partial charge in [-0.05, 0) is 6.42 Å². The van der Waals surface area contributed by atoms with Gasteiger partial charge in [0.05, 0.1) is 6.61 Å². The van der Waals surface area contributed by atoms with E-state index in [0.717, 1.165) is 25.7 Å². The molecular formula is C6H17CaNO3S. The van der Waals surface area contributed by atoms with Gasteiger partial charge in [0.2, 0.25) is 0 Å². The van der Waals surface area contributed by atoms with Gasteiger partial charge in [-0.15, -0.1) is 0 Å². The molecule has 72 valence electrons. The second-order valence-corrected chi connectivity index (χ2v) is 3.60. The van der Waals surface area contributed by atoms with Crippen molar-refractivity contribution in [1.82, 2.24) is 0 Å². The Hall–Kier alpha value is 1.13. The number of hydrogen-bond donors (Lipinski definition) is 1. The van der Waals surface area contributed by atoms with E-state index in [9.17, 15) is 8.42 Å². The number of unbranched alkanes of at least 4 members (excludes halogenated alkanes) is 3. The molecule has 0 aromatic carbocycles. The van der Waals surface area contributed by atoms with E-state index < -0.39 is 10.3 Å². The largest absolute Gasteiger partial charge is 2.00 e. The maximum absolute atomic E-state index is 10.2. The Morgan fingerprint density at radius 2 is 1.92 bits per heavy atom. The van der Waals surface area contributed by atoms with E-state index in [1.165, 1.54) is 0 Å². The molecule has 0 heterocycles. The summed E-state index contributed by atoms with van der Waals surface area (Å²) in [4.78, 5) is 0. The molecule has 0 aliphatic heterocycles. The maximum Gasteiger partial charge on any atom is 2.00 e. The van der Waals surface area contributed by atoms with E-state index in [1.54, 1.807) is 0 Å². The Kier molecular flexibility index (Phi) is 11.3. The first-order valence-corrected chi connectivity index (χ1v) is 5.20. The smallest absolute Gasteiger partial charge is 1.00 e. The van der Waals surface area contributed by atoms with Crippen molar-refractivity contribution in [1.29, 1.82) is 0 Å². The van der Waals surface area contributed by atoms with Gasteiger partial charge in [-0.2, -0.15) is 8.42 Å². The minimum absolute atomic E-state index is 0. The molecule has 0 aromatic heterocycles. The summed E-state index contributed by atoms with van der Waals surface area (Å²) < 4.78 is 24.8. The Morgan fingerprint density at radius 3 is 2.33 bits per heavy atom. The van der Waals surface area contributed by atoms with Crippen LogP contribution in [0.1, 0.15) is 35.5 Å². The molecule has 12 heavy (non-hydrogen) atoms. The fourth-order valence-electron chi connectivity index (χ4n) is 0.704. The van der Waals surface area contributed by atoms with Crippen LogP contribution in [0.15, 0.2) is 0 Å². The van der Waals surface area contributed by atoms with Crippen molar-refractivity contribution in [3.8, 4) is 0 Å². The molecule has 0 fully saturated rings. The number of rotatable bonds is 6. The van der Waals surface area contributed by atoms with Gasteiger partial charge in [0.25, 0.3) is 0 Å². The van der Waals surface area contributed by atoms with Gasteiger partial charge in [-0.1, -0.05) is 26.2 Å². The molecule has 0 radical (unpaired) electrons. The molecule has 0 spiro atoms. The van der Waals surface area contributed by atoms with Crippen molar-refractivity contribution in [2.75, 3.05) is 6.61 Å². The monoisotopic (exact) mass is 223 g/mol. The Morgan fingerprint density at radius 1 is 1.33 bits per heavy atom. The standard InChI is InChI=1S/C6H15NO3S.Ca.2H/c1-2-3-4-5-6-10-11(7,8)9;;;/h2-6H2,1H3,(H2,7,8,9);;;/q;+2;2*-1. The molecule has 0 amide bonds. The van der Waals surface area contributed by atoms with E-state index >= 15 is 0 Å². The molecular weight excluding hydrogens is 206 g/mol. The topological polar surface area (TPSA) is 69.4 Å². The molecule has 0 aliphatic carbocycles. The van der Waals surface area contributed by atoms with Crippen LogP contribution < -0.4 is 5.14 Å². The van der Waals surface area contributed by atoms with Crippen LogP contribution in [-0.2, 0) is 14.5 Å². The minimum Gasteiger partial charge on any atom is -1.00 e. The maximum atomic E-state index is 10.2. The van der Waals surface area contributed by atoms with Crippen LogP contribution in [-0.4, -0.2) is 52.8 Å². The molecule has 0 saturated heterocycles. The molecule has 0 aromatic rings. The molecule has 4 nitrogen and oxygen atoms in total. The summed E-state index contributed by atoms with van der Waals surface area (Å²) in [5.41, 5.74) is 0. The predicted molar refractivity (Wildman–Crippen MR) is 51.2 cm³/mol. The van der Waals surface area contributed by atoms with Gasteiger partial charge < -0.3 is 2.85 Å². The van der Waals surface area contributed by atoms with E-state index in [2.05, 4.69) is 16.2 Å². The van der Waals surface area contributed by atoms with Crippen LogP contribution in [0.3, 0.4) is 0 Å². The van der Waals surface area contributed by atoms with E-state index in [1.807, 2.05) is 0 Å². The second kappa shape index (κ2) is 8.72. The fraction of sp³-hybridized carbons (Fsp3) is 1.00. The summed E-state index contributed by atoms with van der Waals surface area (Å²) in [5, 5.41) is 4.60. The summed E-state index contributed by atoms with van der Waals surface area (Å²) >= 11 is 0. The Labute approximate surface area is 107 Å². The third kappa shape index (κ3) is 13.7. The summed E-state index contributed by atoms with van der Waals surface area (Å²) in [7, 11) is -3.71. The zero-order valence-corrected chi connectivity index (χ0v) is 10.5. The molecule has 0 unspecified atom stereocenters. The third-order valence-corrected chi connectivity index (χ3v) is 1.74. The van der Waals surface area contributed by atoms with Gasteiger partial charge in [0.1, 0.15) is 0 Å². The first-order chi connectivity index (χ1) is 5.06. The van der Waals surface area contributed by atoms with E-state index in [-0.39, 0.29) is 47.2 Å². The first kappa shape index (κ1) is 15.6. The van der Waals surface area contributed by atoms with Gasteiger partial charge in [0.15, 0.2) is 0 Å². The van der Waals surface area contributed by atoms with Gasteiger partial charge in [0, 0.05) is 0 Å². The van der Waals surface area contributed by atoms with Gasteiger partial charge in [-0.3, -0.25) is 4.18 Å². The molecule has 0 bridgehead atoms. The average Bonchev–Trinajstić information content (AvgIpc) is 1.85. The first-order valence-electron chi connectivity index (χ1n) is 3.73. The Balaban J connectivity index is -0.000000167. The third-order valence-electron chi connectivity index (χ3n) is 1.25.